The number of benzene rings is 1. The van der Waals surface area contributed by atoms with Crippen LogP contribution < -0.4 is 0 Å². The molecule has 22 heavy (non-hydrogen) atoms. The SMILES string of the molecule is CC1(C)C(C(=O)OCc2c(F)c(F)c(Br)c(F)c2F)C1(C)C. The van der Waals surface area contributed by atoms with Crippen LogP contribution >= 0.6 is 15.9 Å². The Bertz CT molecular complexity index is 612. The van der Waals surface area contributed by atoms with Gasteiger partial charge in [-0.25, -0.2) is 17.6 Å². The maximum atomic E-state index is 13.7. The second kappa shape index (κ2) is 5.22. The predicted octanol–water partition coefficient (Wildman–Crippen LogP) is 4.73. The Morgan fingerprint density at radius 3 is 1.77 bits per heavy atom. The lowest BCUT2D eigenvalue weighted by atomic mass is 10.0. The monoisotopic (exact) mass is 382 g/mol. The molecule has 0 bridgehead atoms. The van der Waals surface area contributed by atoms with Crippen LogP contribution in [0.2, 0.25) is 0 Å². The third kappa shape index (κ3) is 2.33. The minimum Gasteiger partial charge on any atom is -0.460 e. The standard InChI is InChI=1S/C15H15BrF4O2/c1-14(2)12(15(14,3)4)13(21)22-5-6-8(17)10(19)7(16)11(20)9(6)18/h12H,5H2,1-4H3. The summed E-state index contributed by atoms with van der Waals surface area (Å²) in [6.45, 7) is 6.64. The van der Waals surface area contributed by atoms with Gasteiger partial charge in [-0.05, 0) is 26.8 Å². The van der Waals surface area contributed by atoms with Crippen molar-refractivity contribution in [1.82, 2.24) is 0 Å². The summed E-state index contributed by atoms with van der Waals surface area (Å²) >= 11 is 2.42. The van der Waals surface area contributed by atoms with Gasteiger partial charge in [-0.1, -0.05) is 27.7 Å². The molecule has 0 saturated heterocycles. The molecule has 1 aromatic rings. The molecule has 0 spiro atoms. The Kier molecular flexibility index (Phi) is 4.09. The molecule has 0 amide bonds. The van der Waals surface area contributed by atoms with E-state index in [0.29, 0.717) is 0 Å². The van der Waals surface area contributed by atoms with E-state index in [2.05, 4.69) is 15.9 Å². The Hall–Kier alpha value is -1.11. The van der Waals surface area contributed by atoms with Crippen LogP contribution in [0.1, 0.15) is 33.3 Å². The third-order valence-electron chi connectivity index (χ3n) is 4.92. The second-order valence-electron chi connectivity index (χ2n) is 6.53. The molecule has 0 heterocycles. The topological polar surface area (TPSA) is 26.3 Å². The first-order chi connectivity index (χ1) is 9.94. The molecule has 1 aliphatic carbocycles. The smallest absolute Gasteiger partial charge is 0.310 e. The van der Waals surface area contributed by atoms with Gasteiger partial charge in [0.05, 0.1) is 16.0 Å². The molecule has 2 nitrogen and oxygen atoms in total. The average molecular weight is 383 g/mol. The summed E-state index contributed by atoms with van der Waals surface area (Å²) < 4.78 is 58.1. The van der Waals surface area contributed by atoms with Crippen LogP contribution in [0.4, 0.5) is 17.6 Å². The highest BCUT2D eigenvalue weighted by Crippen LogP contribution is 2.68. The van der Waals surface area contributed by atoms with Crippen LogP contribution in [0.3, 0.4) is 0 Å². The molecular formula is C15H15BrF4O2. The second-order valence-corrected chi connectivity index (χ2v) is 7.33. The van der Waals surface area contributed by atoms with Gasteiger partial charge in [-0.15, -0.1) is 0 Å². The van der Waals surface area contributed by atoms with Crippen LogP contribution in [0.5, 0.6) is 0 Å². The molecule has 1 saturated carbocycles. The molecule has 0 aromatic heterocycles. The van der Waals surface area contributed by atoms with E-state index in [4.69, 9.17) is 4.74 Å². The number of carbonyl (C=O) groups excluding carboxylic acids is 1. The lowest BCUT2D eigenvalue weighted by Gasteiger charge is -2.10. The van der Waals surface area contributed by atoms with E-state index in [1.165, 1.54) is 0 Å². The first-order valence-electron chi connectivity index (χ1n) is 6.61. The fourth-order valence-electron chi connectivity index (χ4n) is 2.79. The Morgan fingerprint density at radius 1 is 1.00 bits per heavy atom. The van der Waals surface area contributed by atoms with Gasteiger partial charge in [-0.2, -0.15) is 0 Å². The van der Waals surface area contributed by atoms with Gasteiger partial charge in [0.1, 0.15) is 6.61 Å². The molecule has 1 fully saturated rings. The average Bonchev–Trinajstić information content (AvgIpc) is 2.84. The number of ether oxygens (including phenoxy) is 1. The van der Waals surface area contributed by atoms with E-state index >= 15 is 0 Å². The molecule has 2 rings (SSSR count). The summed E-state index contributed by atoms with van der Waals surface area (Å²) in [6, 6.07) is 0. The quantitative estimate of drug-likeness (QED) is 0.327. The highest BCUT2D eigenvalue weighted by Gasteiger charge is 2.69. The third-order valence-corrected chi connectivity index (χ3v) is 5.61. The van der Waals surface area contributed by atoms with Crippen molar-refractivity contribution in [2.75, 3.05) is 0 Å². The highest BCUT2D eigenvalue weighted by atomic mass is 79.9. The largest absolute Gasteiger partial charge is 0.460 e. The summed E-state index contributed by atoms with van der Waals surface area (Å²) in [5.41, 5.74) is -1.56. The molecule has 0 atom stereocenters. The summed E-state index contributed by atoms with van der Waals surface area (Å²) in [6.07, 6.45) is 0. The van der Waals surface area contributed by atoms with Crippen molar-refractivity contribution in [2.24, 2.45) is 16.7 Å². The lowest BCUT2D eigenvalue weighted by Crippen LogP contribution is -2.14. The van der Waals surface area contributed by atoms with Crippen LogP contribution in [0.15, 0.2) is 4.47 Å². The van der Waals surface area contributed by atoms with Crippen molar-refractivity contribution in [1.29, 1.82) is 0 Å². The van der Waals surface area contributed by atoms with E-state index in [1.54, 1.807) is 0 Å². The van der Waals surface area contributed by atoms with Gasteiger partial charge in [0.15, 0.2) is 23.3 Å². The summed E-state index contributed by atoms with van der Waals surface area (Å²) in [7, 11) is 0. The van der Waals surface area contributed by atoms with E-state index in [9.17, 15) is 22.4 Å². The number of hydrogen-bond acceptors (Lipinski definition) is 2. The van der Waals surface area contributed by atoms with Gasteiger partial charge in [0, 0.05) is 0 Å². The normalized spacial score (nSPS) is 19.1. The molecule has 0 aliphatic heterocycles. The number of rotatable bonds is 3. The first-order valence-corrected chi connectivity index (χ1v) is 7.40. The first kappa shape index (κ1) is 17.2. The molecule has 122 valence electrons. The predicted molar refractivity (Wildman–Crippen MR) is 74.8 cm³/mol. The van der Waals surface area contributed by atoms with Crippen molar-refractivity contribution in [2.45, 2.75) is 34.3 Å². The summed E-state index contributed by atoms with van der Waals surface area (Å²) in [5.74, 6) is -7.34. The van der Waals surface area contributed by atoms with Crippen LogP contribution in [-0.2, 0) is 16.1 Å². The molecule has 0 N–H and O–H groups in total. The maximum Gasteiger partial charge on any atom is 0.310 e. The van der Waals surface area contributed by atoms with Crippen LogP contribution in [0.25, 0.3) is 0 Å². The van der Waals surface area contributed by atoms with Gasteiger partial charge in [0.25, 0.3) is 0 Å². The van der Waals surface area contributed by atoms with Crippen molar-refractivity contribution < 1.29 is 27.1 Å². The molecule has 1 aliphatic rings. The van der Waals surface area contributed by atoms with E-state index in [0.717, 1.165) is 0 Å². The summed E-state index contributed by atoms with van der Waals surface area (Å²) in [4.78, 5) is 12.0. The van der Waals surface area contributed by atoms with Crippen molar-refractivity contribution in [3.63, 3.8) is 0 Å². The molecule has 0 radical (unpaired) electrons. The van der Waals surface area contributed by atoms with E-state index in [1.807, 2.05) is 27.7 Å². The zero-order valence-corrected chi connectivity index (χ0v) is 14.1. The number of hydrogen-bond donors (Lipinski definition) is 0. The Morgan fingerprint density at radius 2 is 1.41 bits per heavy atom. The number of carbonyl (C=O) groups is 1. The number of halogens is 5. The molecule has 7 heteroatoms. The fraction of sp³-hybridized carbons (Fsp3) is 0.533. The van der Waals surface area contributed by atoms with Gasteiger partial charge in [0.2, 0.25) is 0 Å². The van der Waals surface area contributed by atoms with Gasteiger partial charge >= 0.3 is 5.97 Å². The molecular weight excluding hydrogens is 368 g/mol. The van der Waals surface area contributed by atoms with Crippen molar-refractivity contribution in [3.05, 3.63) is 33.3 Å². The number of esters is 1. The van der Waals surface area contributed by atoms with Crippen molar-refractivity contribution in [3.8, 4) is 0 Å². The summed E-state index contributed by atoms with van der Waals surface area (Å²) in [5, 5.41) is 0. The maximum absolute atomic E-state index is 13.7. The molecule has 0 unspecified atom stereocenters. The minimum atomic E-state index is -1.58. The lowest BCUT2D eigenvalue weighted by molar-refractivity contribution is -0.148. The van der Waals surface area contributed by atoms with Gasteiger partial charge in [-0.3, -0.25) is 4.79 Å². The van der Waals surface area contributed by atoms with Crippen LogP contribution in [0, 0.1) is 40.0 Å². The van der Waals surface area contributed by atoms with E-state index in [-0.39, 0.29) is 10.8 Å². The Labute approximate surface area is 134 Å². The minimum absolute atomic E-state index is 0.308. The zero-order valence-electron chi connectivity index (χ0n) is 12.5. The zero-order chi connectivity index (χ0) is 17.0. The van der Waals surface area contributed by atoms with Crippen LogP contribution in [-0.4, -0.2) is 5.97 Å². The van der Waals surface area contributed by atoms with Crippen molar-refractivity contribution >= 4 is 21.9 Å². The highest BCUT2D eigenvalue weighted by molar-refractivity contribution is 9.10. The molecule has 1 aromatic carbocycles. The van der Waals surface area contributed by atoms with E-state index < -0.39 is 51.8 Å². The Balaban J connectivity index is 2.19. The van der Waals surface area contributed by atoms with Gasteiger partial charge < -0.3 is 4.74 Å². The fourth-order valence-corrected chi connectivity index (χ4v) is 3.14.